The van der Waals surface area contributed by atoms with Crippen LogP contribution in [0.25, 0.3) is 0 Å². The first-order valence-corrected chi connectivity index (χ1v) is 5.81. The average molecular weight is 220 g/mol. The van der Waals surface area contributed by atoms with Crippen LogP contribution in [0, 0.1) is 12.7 Å². The quantitative estimate of drug-likeness (QED) is 0.754. The molecule has 0 saturated heterocycles. The van der Waals surface area contributed by atoms with Gasteiger partial charge in [0.25, 0.3) is 0 Å². The van der Waals surface area contributed by atoms with Gasteiger partial charge in [-0.1, -0.05) is 18.2 Å². The van der Waals surface area contributed by atoms with Crippen LogP contribution in [0.1, 0.15) is 42.9 Å². The fourth-order valence-corrected chi connectivity index (χ4v) is 2.10. The van der Waals surface area contributed by atoms with Gasteiger partial charge in [-0.25, -0.2) is 4.39 Å². The summed E-state index contributed by atoms with van der Waals surface area (Å²) in [6.07, 6.45) is 5.73. The van der Waals surface area contributed by atoms with Crippen molar-refractivity contribution in [1.29, 1.82) is 0 Å². The van der Waals surface area contributed by atoms with Crippen molar-refractivity contribution in [3.8, 4) is 0 Å². The van der Waals surface area contributed by atoms with Crippen molar-refractivity contribution in [2.24, 2.45) is 0 Å². The molecule has 2 heteroatoms. The standard InChI is InChI=1S/C14H17FO/c1-10-7-8-12(9-13(10)15)14(16)11-5-3-2-4-6-11/h5,7-9,14,16H,2-4,6H2,1H3. The highest BCUT2D eigenvalue weighted by molar-refractivity contribution is 5.30. The van der Waals surface area contributed by atoms with E-state index in [0.717, 1.165) is 24.8 Å². The third kappa shape index (κ3) is 2.33. The van der Waals surface area contributed by atoms with E-state index in [4.69, 9.17) is 0 Å². The zero-order valence-electron chi connectivity index (χ0n) is 9.54. The number of aliphatic hydroxyl groups excluding tert-OH is 1. The van der Waals surface area contributed by atoms with Crippen LogP contribution in [0.2, 0.25) is 0 Å². The molecule has 1 N–H and O–H groups in total. The highest BCUT2D eigenvalue weighted by Crippen LogP contribution is 2.30. The van der Waals surface area contributed by atoms with Crippen molar-refractivity contribution < 1.29 is 9.50 Å². The number of rotatable bonds is 2. The molecule has 0 amide bonds. The van der Waals surface area contributed by atoms with E-state index in [0.29, 0.717) is 11.1 Å². The molecule has 1 atom stereocenters. The number of halogens is 1. The first-order valence-electron chi connectivity index (χ1n) is 5.81. The van der Waals surface area contributed by atoms with Crippen LogP contribution in [0.15, 0.2) is 29.8 Å². The second kappa shape index (κ2) is 4.79. The molecule has 0 radical (unpaired) electrons. The van der Waals surface area contributed by atoms with Crippen LogP contribution in [0.4, 0.5) is 4.39 Å². The molecule has 1 aliphatic rings. The number of hydrogen-bond donors (Lipinski definition) is 1. The van der Waals surface area contributed by atoms with E-state index in [1.54, 1.807) is 19.1 Å². The average Bonchev–Trinajstić information content (AvgIpc) is 2.33. The third-order valence-corrected chi connectivity index (χ3v) is 3.19. The Morgan fingerprint density at radius 1 is 1.31 bits per heavy atom. The molecular formula is C14H17FO. The molecule has 1 nitrogen and oxygen atoms in total. The molecule has 1 unspecified atom stereocenters. The molecule has 86 valence electrons. The lowest BCUT2D eigenvalue weighted by Gasteiger charge is -2.19. The van der Waals surface area contributed by atoms with Gasteiger partial charge < -0.3 is 5.11 Å². The fourth-order valence-electron chi connectivity index (χ4n) is 2.10. The van der Waals surface area contributed by atoms with Crippen LogP contribution in [-0.2, 0) is 0 Å². The van der Waals surface area contributed by atoms with E-state index in [1.807, 2.05) is 0 Å². The maximum atomic E-state index is 13.4. The summed E-state index contributed by atoms with van der Waals surface area (Å²) < 4.78 is 13.4. The van der Waals surface area contributed by atoms with Gasteiger partial charge in [-0.15, -0.1) is 0 Å². The molecule has 1 aromatic rings. The van der Waals surface area contributed by atoms with Crippen LogP contribution < -0.4 is 0 Å². The number of allylic oxidation sites excluding steroid dienone is 1. The molecule has 16 heavy (non-hydrogen) atoms. The van der Waals surface area contributed by atoms with Gasteiger partial charge >= 0.3 is 0 Å². The maximum absolute atomic E-state index is 13.4. The number of hydrogen-bond acceptors (Lipinski definition) is 1. The van der Waals surface area contributed by atoms with E-state index < -0.39 is 6.10 Å². The molecule has 1 aliphatic carbocycles. The Kier molecular flexibility index (Phi) is 3.39. The van der Waals surface area contributed by atoms with Crippen molar-refractivity contribution in [1.82, 2.24) is 0 Å². The maximum Gasteiger partial charge on any atom is 0.126 e. The van der Waals surface area contributed by atoms with Gasteiger partial charge in [-0.3, -0.25) is 0 Å². The van der Waals surface area contributed by atoms with Gasteiger partial charge in [-0.2, -0.15) is 0 Å². The fraction of sp³-hybridized carbons (Fsp3) is 0.429. The summed E-state index contributed by atoms with van der Waals surface area (Å²) in [5.41, 5.74) is 2.32. The summed E-state index contributed by atoms with van der Waals surface area (Å²) in [5, 5.41) is 10.1. The molecule has 0 aromatic heterocycles. The summed E-state index contributed by atoms with van der Waals surface area (Å²) in [7, 11) is 0. The first-order chi connectivity index (χ1) is 7.68. The lowest BCUT2D eigenvalue weighted by Crippen LogP contribution is -2.05. The molecule has 1 aromatic carbocycles. The number of aryl methyl sites for hydroxylation is 1. The van der Waals surface area contributed by atoms with E-state index in [-0.39, 0.29) is 5.82 Å². The normalized spacial score (nSPS) is 18.1. The molecule has 0 bridgehead atoms. The van der Waals surface area contributed by atoms with Gasteiger partial charge in [0.1, 0.15) is 11.9 Å². The van der Waals surface area contributed by atoms with Gasteiger partial charge in [-0.05, 0) is 55.4 Å². The Hall–Kier alpha value is -1.15. The van der Waals surface area contributed by atoms with Gasteiger partial charge in [0.05, 0.1) is 0 Å². The summed E-state index contributed by atoms with van der Waals surface area (Å²) in [4.78, 5) is 0. The molecule has 0 heterocycles. The highest BCUT2D eigenvalue weighted by atomic mass is 19.1. The third-order valence-electron chi connectivity index (χ3n) is 3.19. The Morgan fingerprint density at radius 2 is 2.12 bits per heavy atom. The first kappa shape index (κ1) is 11.3. The van der Waals surface area contributed by atoms with Crippen molar-refractivity contribution in [2.75, 3.05) is 0 Å². The van der Waals surface area contributed by atoms with Crippen LogP contribution in [0.5, 0.6) is 0 Å². The van der Waals surface area contributed by atoms with Crippen LogP contribution in [-0.4, -0.2) is 5.11 Å². The molecular weight excluding hydrogens is 203 g/mol. The minimum absolute atomic E-state index is 0.243. The predicted molar refractivity (Wildman–Crippen MR) is 62.6 cm³/mol. The highest BCUT2D eigenvalue weighted by Gasteiger charge is 2.16. The second-order valence-corrected chi connectivity index (χ2v) is 4.44. The Morgan fingerprint density at radius 3 is 2.75 bits per heavy atom. The van der Waals surface area contributed by atoms with E-state index in [2.05, 4.69) is 6.08 Å². The second-order valence-electron chi connectivity index (χ2n) is 4.44. The van der Waals surface area contributed by atoms with Gasteiger partial charge in [0.2, 0.25) is 0 Å². The monoisotopic (exact) mass is 220 g/mol. The summed E-state index contributed by atoms with van der Waals surface area (Å²) >= 11 is 0. The predicted octanol–water partition coefficient (Wildman–Crippen LogP) is 3.67. The van der Waals surface area contributed by atoms with Crippen LogP contribution >= 0.6 is 0 Å². The number of aliphatic hydroxyl groups is 1. The van der Waals surface area contributed by atoms with E-state index in [9.17, 15) is 9.50 Å². The van der Waals surface area contributed by atoms with Gasteiger partial charge in [0, 0.05) is 0 Å². The minimum Gasteiger partial charge on any atom is -0.384 e. The van der Waals surface area contributed by atoms with Crippen molar-refractivity contribution in [2.45, 2.75) is 38.7 Å². The van der Waals surface area contributed by atoms with E-state index in [1.165, 1.54) is 12.5 Å². The summed E-state index contributed by atoms with van der Waals surface area (Å²) in [6.45, 7) is 1.73. The zero-order chi connectivity index (χ0) is 11.5. The van der Waals surface area contributed by atoms with Crippen molar-refractivity contribution >= 4 is 0 Å². The van der Waals surface area contributed by atoms with E-state index >= 15 is 0 Å². The Balaban J connectivity index is 2.22. The minimum atomic E-state index is -0.629. The zero-order valence-corrected chi connectivity index (χ0v) is 9.54. The number of benzene rings is 1. The Labute approximate surface area is 95.6 Å². The Bertz CT molecular complexity index is 409. The van der Waals surface area contributed by atoms with Crippen molar-refractivity contribution in [3.63, 3.8) is 0 Å². The molecule has 2 rings (SSSR count). The molecule has 0 saturated carbocycles. The summed E-state index contributed by atoms with van der Waals surface area (Å²) in [5.74, 6) is -0.243. The summed E-state index contributed by atoms with van der Waals surface area (Å²) in [6, 6.07) is 4.96. The lowest BCUT2D eigenvalue weighted by molar-refractivity contribution is 0.208. The molecule has 0 fully saturated rings. The molecule has 0 aliphatic heterocycles. The molecule has 0 spiro atoms. The largest absolute Gasteiger partial charge is 0.384 e. The van der Waals surface area contributed by atoms with Gasteiger partial charge in [0.15, 0.2) is 0 Å². The smallest absolute Gasteiger partial charge is 0.126 e. The lowest BCUT2D eigenvalue weighted by atomic mass is 9.91. The topological polar surface area (TPSA) is 20.2 Å². The van der Waals surface area contributed by atoms with Crippen molar-refractivity contribution in [3.05, 3.63) is 46.8 Å². The SMILES string of the molecule is Cc1ccc(C(O)C2=CCCCC2)cc1F. The van der Waals surface area contributed by atoms with Crippen LogP contribution in [0.3, 0.4) is 0 Å².